The molecule has 1 amide bonds. The molecule has 0 aromatic carbocycles. The molecule has 96 valence electrons. The number of aliphatic hydroxyl groups is 1. The van der Waals surface area contributed by atoms with Gasteiger partial charge in [-0.3, -0.25) is 4.79 Å². The van der Waals surface area contributed by atoms with Crippen LogP contribution in [0.2, 0.25) is 0 Å². The highest BCUT2D eigenvalue weighted by atomic mass is 16.4. The summed E-state index contributed by atoms with van der Waals surface area (Å²) in [7, 11) is 0. The Bertz CT molecular complexity index is 315. The number of aliphatic hydroxyl groups excluding tert-OH is 1. The lowest BCUT2D eigenvalue weighted by Gasteiger charge is -2.29. The highest BCUT2D eigenvalue weighted by Crippen LogP contribution is 2.21. The van der Waals surface area contributed by atoms with E-state index in [9.17, 15) is 14.7 Å². The van der Waals surface area contributed by atoms with Crippen LogP contribution in [-0.2, 0) is 9.59 Å². The lowest BCUT2D eigenvalue weighted by molar-refractivity contribution is -0.149. The fraction of sp³-hybridized carbons (Fsp3) is 0.818. The number of β-amino-alcohol motifs (C(OH)–C–C–N with tert-alkyl or cyclic N) is 1. The Kier molecular flexibility index (Phi) is 3.63. The van der Waals surface area contributed by atoms with E-state index < -0.39 is 18.1 Å². The van der Waals surface area contributed by atoms with Crippen LogP contribution in [0.5, 0.6) is 0 Å². The summed E-state index contributed by atoms with van der Waals surface area (Å²) in [5.41, 5.74) is 0. The van der Waals surface area contributed by atoms with E-state index in [4.69, 9.17) is 5.11 Å². The van der Waals surface area contributed by atoms with Crippen LogP contribution in [0.4, 0.5) is 0 Å². The standard InChI is InChI=1S/C11H18N2O4/c14-7-5-9(11(16)17)13(6-7)10(15)8-3-1-2-4-12-8/h7-9,12,14H,1-6H2,(H,16,17)/t7-,8?,9-/m1/s1. The molecule has 2 heterocycles. The van der Waals surface area contributed by atoms with Gasteiger partial charge in [0.2, 0.25) is 5.91 Å². The van der Waals surface area contributed by atoms with Gasteiger partial charge in [-0.25, -0.2) is 4.79 Å². The van der Waals surface area contributed by atoms with E-state index in [1.807, 2.05) is 0 Å². The maximum absolute atomic E-state index is 12.1. The second-order valence-corrected chi connectivity index (χ2v) is 4.74. The first-order valence-electron chi connectivity index (χ1n) is 6.04. The third-order valence-corrected chi connectivity index (χ3v) is 3.46. The normalized spacial score (nSPS) is 33.7. The number of nitrogens with one attached hydrogen (secondary N) is 1. The van der Waals surface area contributed by atoms with Gasteiger partial charge in [-0.1, -0.05) is 6.42 Å². The average molecular weight is 242 g/mol. The molecular formula is C11H18N2O4. The number of carboxylic acid groups (broad SMARTS) is 1. The second kappa shape index (κ2) is 5.01. The number of aliphatic carboxylic acids is 1. The van der Waals surface area contributed by atoms with E-state index in [2.05, 4.69) is 5.32 Å². The van der Waals surface area contributed by atoms with Crippen LogP contribution in [-0.4, -0.2) is 58.3 Å². The van der Waals surface area contributed by atoms with Gasteiger partial charge in [-0.05, 0) is 19.4 Å². The van der Waals surface area contributed by atoms with Crippen molar-refractivity contribution in [2.24, 2.45) is 0 Å². The van der Waals surface area contributed by atoms with Crippen molar-refractivity contribution in [3.05, 3.63) is 0 Å². The first kappa shape index (κ1) is 12.3. The van der Waals surface area contributed by atoms with Gasteiger partial charge in [0.1, 0.15) is 6.04 Å². The lowest BCUT2D eigenvalue weighted by Crippen LogP contribution is -2.51. The fourth-order valence-electron chi connectivity index (χ4n) is 2.55. The van der Waals surface area contributed by atoms with Crippen LogP contribution in [0.1, 0.15) is 25.7 Å². The maximum Gasteiger partial charge on any atom is 0.326 e. The zero-order valence-electron chi connectivity index (χ0n) is 9.63. The monoisotopic (exact) mass is 242 g/mol. The lowest BCUT2D eigenvalue weighted by atomic mass is 10.0. The second-order valence-electron chi connectivity index (χ2n) is 4.74. The first-order chi connectivity index (χ1) is 8.09. The predicted octanol–water partition coefficient (Wildman–Crippen LogP) is -0.825. The fourth-order valence-corrected chi connectivity index (χ4v) is 2.55. The molecule has 0 aromatic rings. The molecule has 3 N–H and O–H groups in total. The minimum Gasteiger partial charge on any atom is -0.480 e. The van der Waals surface area contributed by atoms with Gasteiger partial charge in [0, 0.05) is 13.0 Å². The van der Waals surface area contributed by atoms with Crippen LogP contribution >= 0.6 is 0 Å². The Morgan fingerprint density at radius 3 is 2.65 bits per heavy atom. The molecule has 3 atom stereocenters. The Labute approximate surface area is 99.6 Å². The number of carbonyl (C=O) groups is 2. The Balaban J connectivity index is 2.04. The molecule has 17 heavy (non-hydrogen) atoms. The van der Waals surface area contributed by atoms with E-state index in [-0.39, 0.29) is 24.9 Å². The van der Waals surface area contributed by atoms with Crippen molar-refractivity contribution < 1.29 is 19.8 Å². The summed E-state index contributed by atoms with van der Waals surface area (Å²) in [4.78, 5) is 24.5. The SMILES string of the molecule is O=C(O)[C@H]1C[C@@H](O)CN1C(=O)C1CCCCN1. The molecule has 0 radical (unpaired) electrons. The summed E-state index contributed by atoms with van der Waals surface area (Å²) in [6.45, 7) is 0.929. The molecule has 2 fully saturated rings. The number of amides is 1. The van der Waals surface area contributed by atoms with Crippen molar-refractivity contribution in [3.63, 3.8) is 0 Å². The Morgan fingerprint density at radius 1 is 1.29 bits per heavy atom. The molecule has 0 bridgehead atoms. The van der Waals surface area contributed by atoms with Gasteiger partial charge in [0.25, 0.3) is 0 Å². The summed E-state index contributed by atoms with van der Waals surface area (Å²) in [5, 5.41) is 21.6. The van der Waals surface area contributed by atoms with Crippen LogP contribution in [0, 0.1) is 0 Å². The van der Waals surface area contributed by atoms with E-state index >= 15 is 0 Å². The van der Waals surface area contributed by atoms with E-state index in [0.29, 0.717) is 0 Å². The minimum absolute atomic E-state index is 0.133. The summed E-state index contributed by atoms with van der Waals surface area (Å²) in [6.07, 6.45) is 2.20. The first-order valence-corrected chi connectivity index (χ1v) is 6.04. The zero-order chi connectivity index (χ0) is 12.4. The molecular weight excluding hydrogens is 224 g/mol. The van der Waals surface area contributed by atoms with Gasteiger partial charge in [0.15, 0.2) is 0 Å². The van der Waals surface area contributed by atoms with Crippen molar-refractivity contribution >= 4 is 11.9 Å². The molecule has 6 heteroatoms. The van der Waals surface area contributed by atoms with Gasteiger partial charge >= 0.3 is 5.97 Å². The smallest absolute Gasteiger partial charge is 0.326 e. The molecule has 2 aliphatic rings. The van der Waals surface area contributed by atoms with Crippen molar-refractivity contribution in [2.75, 3.05) is 13.1 Å². The zero-order valence-corrected chi connectivity index (χ0v) is 9.63. The molecule has 6 nitrogen and oxygen atoms in total. The molecule has 2 rings (SSSR count). The number of nitrogens with zero attached hydrogens (tertiary/aromatic N) is 1. The van der Waals surface area contributed by atoms with Gasteiger partial charge in [-0.15, -0.1) is 0 Å². The Morgan fingerprint density at radius 2 is 2.06 bits per heavy atom. The molecule has 0 aromatic heterocycles. The van der Waals surface area contributed by atoms with Crippen molar-refractivity contribution in [1.29, 1.82) is 0 Å². The topological polar surface area (TPSA) is 89.9 Å². The highest BCUT2D eigenvalue weighted by molar-refractivity contribution is 5.87. The molecule has 1 unspecified atom stereocenters. The van der Waals surface area contributed by atoms with Crippen LogP contribution < -0.4 is 5.32 Å². The largest absolute Gasteiger partial charge is 0.480 e. The molecule has 0 spiro atoms. The predicted molar refractivity (Wildman–Crippen MR) is 59.4 cm³/mol. The van der Waals surface area contributed by atoms with Gasteiger partial charge < -0.3 is 20.4 Å². The summed E-state index contributed by atoms with van der Waals surface area (Å²) < 4.78 is 0. The number of carboxylic acids is 1. The number of hydrogen-bond donors (Lipinski definition) is 3. The third kappa shape index (κ3) is 2.58. The number of piperidine rings is 1. The van der Waals surface area contributed by atoms with E-state index in [1.54, 1.807) is 0 Å². The van der Waals surface area contributed by atoms with Crippen LogP contribution in [0.25, 0.3) is 0 Å². The maximum atomic E-state index is 12.1. The quantitative estimate of drug-likeness (QED) is 0.588. The molecule has 2 saturated heterocycles. The molecule has 0 aliphatic carbocycles. The van der Waals surface area contributed by atoms with Gasteiger partial charge in [-0.2, -0.15) is 0 Å². The van der Waals surface area contributed by atoms with Crippen molar-refractivity contribution in [3.8, 4) is 0 Å². The summed E-state index contributed by atoms with van der Waals surface area (Å²) in [6, 6.07) is -1.16. The van der Waals surface area contributed by atoms with E-state index in [1.165, 1.54) is 4.90 Å². The summed E-state index contributed by atoms with van der Waals surface area (Å²) in [5.74, 6) is -1.22. The number of carbonyl (C=O) groups excluding carboxylic acids is 1. The molecule has 0 saturated carbocycles. The minimum atomic E-state index is -1.04. The summed E-state index contributed by atoms with van der Waals surface area (Å²) >= 11 is 0. The molecule has 2 aliphatic heterocycles. The van der Waals surface area contributed by atoms with Gasteiger partial charge in [0.05, 0.1) is 12.1 Å². The van der Waals surface area contributed by atoms with Crippen LogP contribution in [0.3, 0.4) is 0 Å². The van der Waals surface area contributed by atoms with E-state index in [0.717, 1.165) is 25.8 Å². The van der Waals surface area contributed by atoms with Crippen LogP contribution in [0.15, 0.2) is 0 Å². The average Bonchev–Trinajstić information content (AvgIpc) is 2.72. The van der Waals surface area contributed by atoms with Crippen molar-refractivity contribution in [1.82, 2.24) is 10.2 Å². The number of rotatable bonds is 2. The third-order valence-electron chi connectivity index (χ3n) is 3.46. The number of hydrogen-bond acceptors (Lipinski definition) is 4. The highest BCUT2D eigenvalue weighted by Gasteiger charge is 2.41. The number of likely N-dealkylation sites (tertiary alicyclic amines) is 1. The van der Waals surface area contributed by atoms with Crippen molar-refractivity contribution in [2.45, 2.75) is 43.9 Å². The Hall–Kier alpha value is -1.14.